The smallest absolute Gasteiger partial charge is 0.235 e. The summed E-state index contributed by atoms with van der Waals surface area (Å²) < 4.78 is 25.6. The van der Waals surface area contributed by atoms with Gasteiger partial charge in [-0.2, -0.15) is 0 Å². The first-order valence-corrected chi connectivity index (χ1v) is 9.19. The van der Waals surface area contributed by atoms with Crippen LogP contribution in [0.1, 0.15) is 40.0 Å². The van der Waals surface area contributed by atoms with Crippen LogP contribution in [0.15, 0.2) is 24.3 Å². The number of carbonyl (C=O) groups is 1. The quantitative estimate of drug-likeness (QED) is 0.929. The normalized spacial score (nSPS) is 18.0. The number of hydrogen-bond acceptors (Lipinski definition) is 3. The summed E-state index contributed by atoms with van der Waals surface area (Å²) in [5.41, 5.74) is 1.28. The molecule has 6 heteroatoms. The molecule has 5 nitrogen and oxygen atoms in total. The molecule has 0 aromatic heterocycles. The number of amides is 1. The predicted molar refractivity (Wildman–Crippen MR) is 89.5 cm³/mol. The number of carbonyl (C=O) groups excluding carboxylic acids is 1. The van der Waals surface area contributed by atoms with Crippen LogP contribution in [-0.4, -0.2) is 26.6 Å². The summed E-state index contributed by atoms with van der Waals surface area (Å²) in [5, 5.41) is 2.84. The largest absolute Gasteiger partial charge is 0.326 e. The van der Waals surface area contributed by atoms with Crippen molar-refractivity contribution in [3.05, 3.63) is 24.3 Å². The third kappa shape index (κ3) is 4.47. The second-order valence-corrected chi connectivity index (χ2v) is 8.94. The Bertz CT molecular complexity index is 630. The fourth-order valence-corrected chi connectivity index (χ4v) is 4.12. The molecule has 22 heavy (non-hydrogen) atoms. The predicted octanol–water partition coefficient (Wildman–Crippen LogP) is 2.99. The maximum absolute atomic E-state index is 12.1. The highest BCUT2D eigenvalue weighted by Gasteiger charge is 2.25. The summed E-state index contributed by atoms with van der Waals surface area (Å²) in [6.07, 6.45) is 2.04. The summed E-state index contributed by atoms with van der Waals surface area (Å²) in [5.74, 6) is 0.169. The molecule has 1 fully saturated rings. The molecular weight excluding hydrogens is 300 g/mol. The van der Waals surface area contributed by atoms with E-state index >= 15 is 0 Å². The van der Waals surface area contributed by atoms with E-state index in [4.69, 9.17) is 0 Å². The van der Waals surface area contributed by atoms with Gasteiger partial charge in [-0.15, -0.1) is 0 Å². The van der Waals surface area contributed by atoms with Gasteiger partial charge in [0.25, 0.3) is 0 Å². The zero-order valence-corrected chi connectivity index (χ0v) is 14.2. The van der Waals surface area contributed by atoms with Crippen molar-refractivity contribution < 1.29 is 13.2 Å². The molecule has 1 N–H and O–H groups in total. The van der Waals surface area contributed by atoms with E-state index < -0.39 is 10.0 Å². The average molecular weight is 324 g/mol. The minimum Gasteiger partial charge on any atom is -0.326 e. The van der Waals surface area contributed by atoms with E-state index in [2.05, 4.69) is 5.32 Å². The van der Waals surface area contributed by atoms with Crippen LogP contribution in [-0.2, 0) is 14.8 Å². The van der Waals surface area contributed by atoms with Crippen molar-refractivity contribution in [2.75, 3.05) is 21.9 Å². The summed E-state index contributed by atoms with van der Waals surface area (Å²) in [4.78, 5) is 11.9. The van der Waals surface area contributed by atoms with Crippen molar-refractivity contribution >= 4 is 27.3 Å². The summed E-state index contributed by atoms with van der Waals surface area (Å²) in [7, 11) is -3.19. The van der Waals surface area contributed by atoms with Crippen LogP contribution in [0.25, 0.3) is 0 Å². The molecule has 2 rings (SSSR count). The topological polar surface area (TPSA) is 66.5 Å². The van der Waals surface area contributed by atoms with E-state index in [0.717, 1.165) is 12.8 Å². The highest BCUT2D eigenvalue weighted by atomic mass is 32.2. The van der Waals surface area contributed by atoms with Crippen LogP contribution in [0.3, 0.4) is 0 Å². The molecule has 1 heterocycles. The average Bonchev–Trinajstić information content (AvgIpc) is 2.37. The fourth-order valence-electron chi connectivity index (χ4n) is 2.48. The molecule has 0 radical (unpaired) electrons. The molecule has 0 aliphatic carbocycles. The van der Waals surface area contributed by atoms with Gasteiger partial charge in [0.1, 0.15) is 0 Å². The van der Waals surface area contributed by atoms with E-state index in [1.165, 1.54) is 4.31 Å². The summed E-state index contributed by atoms with van der Waals surface area (Å²) in [6.45, 7) is 6.56. The van der Waals surface area contributed by atoms with Crippen molar-refractivity contribution in [2.24, 2.45) is 5.41 Å². The molecule has 0 bridgehead atoms. The van der Waals surface area contributed by atoms with E-state index in [9.17, 15) is 13.2 Å². The van der Waals surface area contributed by atoms with Crippen LogP contribution >= 0.6 is 0 Å². The van der Waals surface area contributed by atoms with Crippen molar-refractivity contribution in [1.82, 2.24) is 0 Å². The molecule has 1 aliphatic rings. The Hall–Kier alpha value is -1.56. The number of nitrogens with zero attached hydrogens (tertiary/aromatic N) is 1. The number of hydrogen-bond donors (Lipinski definition) is 1. The lowest BCUT2D eigenvalue weighted by Crippen LogP contribution is -2.37. The molecule has 1 aromatic carbocycles. The van der Waals surface area contributed by atoms with Crippen molar-refractivity contribution in [3.63, 3.8) is 0 Å². The van der Waals surface area contributed by atoms with Crippen molar-refractivity contribution in [1.29, 1.82) is 0 Å². The minimum atomic E-state index is -3.19. The molecule has 0 unspecified atom stereocenters. The van der Waals surface area contributed by atoms with Crippen LogP contribution in [0.4, 0.5) is 11.4 Å². The summed E-state index contributed by atoms with van der Waals surface area (Å²) >= 11 is 0. The third-order valence-corrected chi connectivity index (χ3v) is 5.35. The first-order valence-electron chi connectivity index (χ1n) is 7.58. The maximum atomic E-state index is 12.1. The molecule has 0 saturated carbocycles. The van der Waals surface area contributed by atoms with Gasteiger partial charge in [0, 0.05) is 18.7 Å². The Labute approximate surface area is 132 Å². The number of nitrogens with one attached hydrogen (secondary N) is 1. The maximum Gasteiger partial charge on any atom is 0.235 e. The molecular formula is C16H24N2O3S. The van der Waals surface area contributed by atoms with E-state index in [1.807, 2.05) is 20.8 Å². The van der Waals surface area contributed by atoms with Crippen molar-refractivity contribution in [2.45, 2.75) is 40.0 Å². The first-order chi connectivity index (χ1) is 10.2. The van der Waals surface area contributed by atoms with E-state index in [1.54, 1.807) is 24.3 Å². The molecule has 1 aliphatic heterocycles. The van der Waals surface area contributed by atoms with Gasteiger partial charge < -0.3 is 5.32 Å². The van der Waals surface area contributed by atoms with Gasteiger partial charge in [-0.1, -0.05) is 20.8 Å². The first kappa shape index (κ1) is 16.8. The molecule has 1 aromatic rings. The lowest BCUT2D eigenvalue weighted by atomic mass is 9.92. The molecule has 1 amide bonds. The highest BCUT2D eigenvalue weighted by Crippen LogP contribution is 2.25. The lowest BCUT2D eigenvalue weighted by Gasteiger charge is -2.28. The monoisotopic (exact) mass is 324 g/mol. The van der Waals surface area contributed by atoms with Crippen molar-refractivity contribution in [3.8, 4) is 0 Å². The van der Waals surface area contributed by atoms with Gasteiger partial charge in [0.15, 0.2) is 0 Å². The Balaban J connectivity index is 2.06. The standard InChI is InChI=1S/C16H24N2O3S/c1-16(2,3)12-15(19)17-13-6-8-14(9-7-13)18-10-4-5-11-22(18,20)21/h6-9H,4-5,10-12H2,1-3H3,(H,17,19). The van der Waals surface area contributed by atoms with Crippen LogP contribution in [0.5, 0.6) is 0 Å². The van der Waals surface area contributed by atoms with Crippen LogP contribution < -0.4 is 9.62 Å². The number of benzene rings is 1. The minimum absolute atomic E-state index is 0.0363. The van der Waals surface area contributed by atoms with Gasteiger partial charge >= 0.3 is 0 Å². The summed E-state index contributed by atoms with van der Waals surface area (Å²) in [6, 6.07) is 6.99. The third-order valence-electron chi connectivity index (χ3n) is 3.48. The second kappa shape index (κ2) is 6.28. The Morgan fingerprint density at radius 3 is 2.36 bits per heavy atom. The Morgan fingerprint density at radius 1 is 1.18 bits per heavy atom. The highest BCUT2D eigenvalue weighted by molar-refractivity contribution is 7.92. The Kier molecular flexibility index (Phi) is 4.80. The molecule has 122 valence electrons. The van der Waals surface area contributed by atoms with Gasteiger partial charge in [-0.3, -0.25) is 9.10 Å². The van der Waals surface area contributed by atoms with E-state index in [0.29, 0.717) is 24.3 Å². The Morgan fingerprint density at radius 2 is 1.82 bits per heavy atom. The molecule has 1 saturated heterocycles. The zero-order valence-electron chi connectivity index (χ0n) is 13.4. The SMILES string of the molecule is CC(C)(C)CC(=O)Nc1ccc(N2CCCCS2(=O)=O)cc1. The van der Waals surface area contributed by atoms with Crippen LogP contribution in [0, 0.1) is 5.41 Å². The lowest BCUT2D eigenvalue weighted by molar-refractivity contribution is -0.117. The van der Waals surface area contributed by atoms with Gasteiger partial charge in [-0.05, 0) is 42.5 Å². The van der Waals surface area contributed by atoms with Gasteiger partial charge in [-0.25, -0.2) is 8.42 Å². The molecule has 0 atom stereocenters. The van der Waals surface area contributed by atoms with E-state index in [-0.39, 0.29) is 17.1 Å². The fraction of sp³-hybridized carbons (Fsp3) is 0.562. The van der Waals surface area contributed by atoms with Gasteiger partial charge in [0.05, 0.1) is 11.4 Å². The second-order valence-electron chi connectivity index (χ2n) is 6.93. The molecule has 0 spiro atoms. The number of rotatable bonds is 3. The number of sulfonamides is 1. The number of anilines is 2. The van der Waals surface area contributed by atoms with Gasteiger partial charge in [0.2, 0.25) is 15.9 Å². The zero-order chi connectivity index (χ0) is 16.4. The van der Waals surface area contributed by atoms with Crippen LogP contribution in [0.2, 0.25) is 0 Å².